The summed E-state index contributed by atoms with van der Waals surface area (Å²) < 4.78 is 18.3. The molecule has 0 spiro atoms. The lowest BCUT2D eigenvalue weighted by atomic mass is 9.95. The highest BCUT2D eigenvalue weighted by Crippen LogP contribution is 2.21. The van der Waals surface area contributed by atoms with Gasteiger partial charge in [-0.1, -0.05) is 6.07 Å². The van der Waals surface area contributed by atoms with E-state index in [1.807, 2.05) is 0 Å². The van der Waals surface area contributed by atoms with Gasteiger partial charge in [0.1, 0.15) is 5.82 Å². The average Bonchev–Trinajstić information content (AvgIpc) is 2.74. The fourth-order valence-corrected chi connectivity index (χ4v) is 3.30. The molecule has 1 N–H and O–H groups in total. The van der Waals surface area contributed by atoms with Gasteiger partial charge in [-0.15, -0.1) is 0 Å². The van der Waals surface area contributed by atoms with Crippen molar-refractivity contribution in [3.8, 4) is 0 Å². The molecule has 2 aromatic rings. The Labute approximate surface area is 168 Å². The molecule has 3 rings (SSSR count). The van der Waals surface area contributed by atoms with Crippen LogP contribution in [-0.4, -0.2) is 42.4 Å². The number of esters is 1. The summed E-state index contributed by atoms with van der Waals surface area (Å²) in [6.07, 6.45) is 1.07. The standard InChI is InChI=1S/C22H23FN2O4/c1-2-29-22(28)16-6-8-19(9-7-16)24-20(26)15-10-12-25(13-11-15)21(27)17-4-3-5-18(23)14-17/h3-9,14-15H,2,10-13H2,1H3,(H,24,26). The number of hydrogen-bond acceptors (Lipinski definition) is 4. The van der Waals surface area contributed by atoms with Crippen molar-refractivity contribution in [2.75, 3.05) is 25.0 Å². The summed E-state index contributed by atoms with van der Waals surface area (Å²) in [6.45, 7) is 2.92. The van der Waals surface area contributed by atoms with Crippen LogP contribution in [0.2, 0.25) is 0 Å². The predicted molar refractivity (Wildman–Crippen MR) is 106 cm³/mol. The van der Waals surface area contributed by atoms with E-state index < -0.39 is 11.8 Å². The smallest absolute Gasteiger partial charge is 0.338 e. The first-order valence-electron chi connectivity index (χ1n) is 9.61. The maximum Gasteiger partial charge on any atom is 0.338 e. The van der Waals surface area contributed by atoms with Crippen LogP contribution in [-0.2, 0) is 9.53 Å². The number of nitrogens with zero attached hydrogens (tertiary/aromatic N) is 1. The molecule has 1 aliphatic heterocycles. The number of carbonyl (C=O) groups excluding carboxylic acids is 3. The van der Waals surface area contributed by atoms with Gasteiger partial charge in [0.05, 0.1) is 12.2 Å². The van der Waals surface area contributed by atoms with E-state index in [0.29, 0.717) is 49.4 Å². The second-order valence-corrected chi connectivity index (χ2v) is 6.86. The van der Waals surface area contributed by atoms with Gasteiger partial charge in [-0.25, -0.2) is 9.18 Å². The number of piperidine rings is 1. The zero-order valence-corrected chi connectivity index (χ0v) is 16.2. The second-order valence-electron chi connectivity index (χ2n) is 6.86. The van der Waals surface area contributed by atoms with Crippen LogP contribution in [0.5, 0.6) is 0 Å². The third-order valence-corrected chi connectivity index (χ3v) is 4.89. The number of likely N-dealkylation sites (tertiary alicyclic amines) is 1. The van der Waals surface area contributed by atoms with Crippen molar-refractivity contribution in [3.05, 3.63) is 65.5 Å². The van der Waals surface area contributed by atoms with Gasteiger partial charge < -0.3 is 15.0 Å². The molecule has 0 aliphatic carbocycles. The van der Waals surface area contributed by atoms with Crippen LogP contribution in [0.3, 0.4) is 0 Å². The first-order chi connectivity index (χ1) is 14.0. The number of benzene rings is 2. The van der Waals surface area contributed by atoms with Crippen LogP contribution >= 0.6 is 0 Å². The van der Waals surface area contributed by atoms with Gasteiger partial charge in [0.15, 0.2) is 0 Å². The summed E-state index contributed by atoms with van der Waals surface area (Å²) >= 11 is 0. The normalized spacial score (nSPS) is 14.3. The van der Waals surface area contributed by atoms with Crippen LogP contribution in [0, 0.1) is 11.7 Å². The van der Waals surface area contributed by atoms with E-state index in [0.717, 1.165) is 0 Å². The number of nitrogens with one attached hydrogen (secondary N) is 1. The van der Waals surface area contributed by atoms with Crippen molar-refractivity contribution in [2.24, 2.45) is 5.92 Å². The Hall–Kier alpha value is -3.22. The molecular weight excluding hydrogens is 375 g/mol. The summed E-state index contributed by atoms with van der Waals surface area (Å²) in [5.74, 6) is -1.40. The fourth-order valence-electron chi connectivity index (χ4n) is 3.30. The van der Waals surface area contributed by atoms with Crippen LogP contribution in [0.15, 0.2) is 48.5 Å². The van der Waals surface area contributed by atoms with Gasteiger partial charge in [0.25, 0.3) is 5.91 Å². The minimum absolute atomic E-state index is 0.119. The molecule has 1 aliphatic rings. The minimum atomic E-state index is -0.445. The number of rotatable bonds is 5. The van der Waals surface area contributed by atoms with Gasteiger partial charge in [-0.05, 0) is 62.2 Å². The highest BCUT2D eigenvalue weighted by molar-refractivity contribution is 5.96. The maximum absolute atomic E-state index is 13.3. The molecule has 0 aromatic heterocycles. The van der Waals surface area contributed by atoms with E-state index in [-0.39, 0.29) is 17.7 Å². The lowest BCUT2D eigenvalue weighted by molar-refractivity contribution is -0.121. The minimum Gasteiger partial charge on any atom is -0.462 e. The first-order valence-corrected chi connectivity index (χ1v) is 9.61. The second kappa shape index (κ2) is 9.32. The molecule has 0 bridgehead atoms. The SMILES string of the molecule is CCOC(=O)c1ccc(NC(=O)C2CCN(C(=O)c3cccc(F)c3)CC2)cc1. The summed E-state index contributed by atoms with van der Waals surface area (Å²) in [5, 5.41) is 2.85. The number of halogens is 1. The largest absolute Gasteiger partial charge is 0.462 e. The Balaban J connectivity index is 1.52. The summed E-state index contributed by atoms with van der Waals surface area (Å²) in [6, 6.07) is 12.1. The number of carbonyl (C=O) groups is 3. The van der Waals surface area contributed by atoms with Crippen molar-refractivity contribution in [1.29, 1.82) is 0 Å². The molecule has 152 valence electrons. The Kier molecular flexibility index (Phi) is 6.59. The van der Waals surface area contributed by atoms with Crippen LogP contribution in [0.1, 0.15) is 40.5 Å². The Bertz CT molecular complexity index is 890. The lowest BCUT2D eigenvalue weighted by Crippen LogP contribution is -2.41. The highest BCUT2D eigenvalue weighted by atomic mass is 19.1. The molecule has 2 aromatic carbocycles. The van der Waals surface area contributed by atoms with Crippen molar-refractivity contribution in [1.82, 2.24) is 4.90 Å². The first kappa shape index (κ1) is 20.5. The molecule has 6 nitrogen and oxygen atoms in total. The van der Waals surface area contributed by atoms with Crippen molar-refractivity contribution >= 4 is 23.5 Å². The van der Waals surface area contributed by atoms with Gasteiger partial charge in [-0.2, -0.15) is 0 Å². The van der Waals surface area contributed by atoms with E-state index in [9.17, 15) is 18.8 Å². The molecule has 0 unspecified atom stereocenters. The summed E-state index contributed by atoms with van der Waals surface area (Å²) in [7, 11) is 0. The Morgan fingerprint density at radius 1 is 1.07 bits per heavy atom. The third-order valence-electron chi connectivity index (χ3n) is 4.89. The van der Waals surface area contributed by atoms with Crippen LogP contribution in [0.4, 0.5) is 10.1 Å². The number of amides is 2. The predicted octanol–water partition coefficient (Wildman–Crippen LogP) is 3.49. The van der Waals surface area contributed by atoms with Crippen LogP contribution in [0.25, 0.3) is 0 Å². The monoisotopic (exact) mass is 398 g/mol. The molecule has 1 heterocycles. The molecule has 1 fully saturated rings. The molecular formula is C22H23FN2O4. The molecule has 0 atom stereocenters. The molecule has 2 amide bonds. The Morgan fingerprint density at radius 2 is 1.76 bits per heavy atom. The van der Waals surface area contributed by atoms with Crippen LogP contribution < -0.4 is 5.32 Å². The van der Waals surface area contributed by atoms with Crippen molar-refractivity contribution in [3.63, 3.8) is 0 Å². The lowest BCUT2D eigenvalue weighted by Gasteiger charge is -2.31. The maximum atomic E-state index is 13.3. The Morgan fingerprint density at radius 3 is 2.38 bits per heavy atom. The molecule has 0 radical (unpaired) electrons. The zero-order chi connectivity index (χ0) is 20.8. The number of ether oxygens (including phenoxy) is 1. The quantitative estimate of drug-likeness (QED) is 0.783. The van der Waals surface area contributed by atoms with Gasteiger partial charge in [0, 0.05) is 30.3 Å². The van der Waals surface area contributed by atoms with Gasteiger partial charge in [-0.3, -0.25) is 9.59 Å². The third kappa shape index (κ3) is 5.19. The topological polar surface area (TPSA) is 75.7 Å². The number of anilines is 1. The average molecular weight is 398 g/mol. The van der Waals surface area contributed by atoms with E-state index in [1.165, 1.54) is 18.2 Å². The summed E-state index contributed by atoms with van der Waals surface area (Å²) in [4.78, 5) is 38.3. The highest BCUT2D eigenvalue weighted by Gasteiger charge is 2.28. The van der Waals surface area contributed by atoms with Gasteiger partial charge in [0.2, 0.25) is 5.91 Å². The van der Waals surface area contributed by atoms with Gasteiger partial charge >= 0.3 is 5.97 Å². The van der Waals surface area contributed by atoms with E-state index in [2.05, 4.69) is 5.32 Å². The fraction of sp³-hybridized carbons (Fsp3) is 0.318. The summed E-state index contributed by atoms with van der Waals surface area (Å²) in [5.41, 5.74) is 1.34. The van der Waals surface area contributed by atoms with E-state index in [4.69, 9.17) is 4.74 Å². The molecule has 0 saturated carbocycles. The van der Waals surface area contributed by atoms with E-state index >= 15 is 0 Å². The van der Waals surface area contributed by atoms with E-state index in [1.54, 1.807) is 42.2 Å². The van der Waals surface area contributed by atoms with Crippen molar-refractivity contribution < 1.29 is 23.5 Å². The zero-order valence-electron chi connectivity index (χ0n) is 16.2. The molecule has 29 heavy (non-hydrogen) atoms. The molecule has 7 heteroatoms. The molecule has 1 saturated heterocycles. The van der Waals surface area contributed by atoms with Crippen molar-refractivity contribution in [2.45, 2.75) is 19.8 Å². The number of hydrogen-bond donors (Lipinski definition) is 1.